The van der Waals surface area contributed by atoms with Crippen molar-refractivity contribution in [2.45, 2.75) is 0 Å². The Hall–Kier alpha value is -2.70. The van der Waals surface area contributed by atoms with Gasteiger partial charge in [0.1, 0.15) is 0 Å². The highest BCUT2D eigenvalue weighted by Crippen LogP contribution is 2.34. The minimum atomic E-state index is -1.20. The molecule has 0 atom stereocenters. The van der Waals surface area contributed by atoms with Crippen LogP contribution in [0.15, 0.2) is 34.5 Å². The van der Waals surface area contributed by atoms with Crippen molar-refractivity contribution in [3.63, 3.8) is 0 Å². The molecule has 0 bridgehead atoms. The number of nitrogens with one attached hydrogen (secondary N) is 1. The molecule has 0 unspecified atom stereocenters. The van der Waals surface area contributed by atoms with Crippen LogP contribution in [0.1, 0.15) is 0 Å². The van der Waals surface area contributed by atoms with Crippen LogP contribution in [0, 0.1) is 0 Å². The number of amides is 2. The van der Waals surface area contributed by atoms with Gasteiger partial charge < -0.3 is 15.8 Å². The van der Waals surface area contributed by atoms with E-state index in [4.69, 9.17) is 5.73 Å². The largest absolute Gasteiger partial charge is 0.493 e. The minimum Gasteiger partial charge on any atom is -0.493 e. The molecule has 86 valence electrons. The summed E-state index contributed by atoms with van der Waals surface area (Å²) < 4.78 is 0. The van der Waals surface area contributed by atoms with Gasteiger partial charge in [0.2, 0.25) is 5.88 Å². The van der Waals surface area contributed by atoms with Crippen LogP contribution in [0.5, 0.6) is 5.88 Å². The molecule has 7 heteroatoms. The number of aromatic hydroxyl groups is 1. The third kappa shape index (κ3) is 1.98. The fraction of sp³-hybridized carbons (Fsp3) is 0. The molecule has 0 saturated heterocycles. The van der Waals surface area contributed by atoms with Gasteiger partial charge in [-0.15, -0.1) is 10.2 Å². The zero-order valence-electron chi connectivity index (χ0n) is 8.54. The van der Waals surface area contributed by atoms with Gasteiger partial charge in [-0.05, 0) is 6.07 Å². The Morgan fingerprint density at radius 1 is 1.29 bits per heavy atom. The number of azo groups is 1. The average Bonchev–Trinajstić information content (AvgIpc) is 2.61. The SMILES string of the molecule is NC(=O)C(=O)N=Nc1c(O)[nH]c2ccccc12. The molecule has 0 aliphatic rings. The molecule has 0 aliphatic carbocycles. The highest BCUT2D eigenvalue weighted by molar-refractivity contribution is 6.34. The molecule has 2 aromatic rings. The summed E-state index contributed by atoms with van der Waals surface area (Å²) in [6, 6.07) is 6.93. The third-order valence-electron chi connectivity index (χ3n) is 2.11. The molecule has 17 heavy (non-hydrogen) atoms. The fourth-order valence-electron chi connectivity index (χ4n) is 1.36. The minimum absolute atomic E-state index is 0.0928. The van der Waals surface area contributed by atoms with Crippen LogP contribution in [0.25, 0.3) is 10.9 Å². The van der Waals surface area contributed by atoms with E-state index in [1.54, 1.807) is 24.3 Å². The zero-order valence-corrected chi connectivity index (χ0v) is 8.54. The number of carbonyl (C=O) groups excluding carboxylic acids is 2. The number of hydrogen-bond donors (Lipinski definition) is 3. The van der Waals surface area contributed by atoms with Gasteiger partial charge in [0.05, 0.1) is 5.52 Å². The van der Waals surface area contributed by atoms with Gasteiger partial charge in [0, 0.05) is 5.39 Å². The predicted octanol–water partition coefficient (Wildman–Crippen LogP) is 0.969. The number of carbonyl (C=O) groups is 2. The lowest BCUT2D eigenvalue weighted by atomic mass is 10.2. The van der Waals surface area contributed by atoms with Gasteiger partial charge in [0.25, 0.3) is 0 Å². The number of fused-ring (bicyclic) bond motifs is 1. The lowest BCUT2D eigenvalue weighted by Crippen LogP contribution is -2.20. The Kier molecular flexibility index (Phi) is 2.57. The maximum atomic E-state index is 10.9. The molecule has 1 aromatic carbocycles. The number of para-hydroxylation sites is 1. The monoisotopic (exact) mass is 232 g/mol. The number of hydrogen-bond acceptors (Lipinski definition) is 4. The van der Waals surface area contributed by atoms with Crippen LogP contribution in [0.2, 0.25) is 0 Å². The smallest absolute Gasteiger partial charge is 0.353 e. The van der Waals surface area contributed by atoms with E-state index in [1.165, 1.54) is 0 Å². The third-order valence-corrected chi connectivity index (χ3v) is 2.11. The van der Waals surface area contributed by atoms with Crippen LogP contribution in [0.4, 0.5) is 5.69 Å². The van der Waals surface area contributed by atoms with E-state index in [0.29, 0.717) is 10.9 Å². The van der Waals surface area contributed by atoms with Crippen molar-refractivity contribution in [1.82, 2.24) is 4.98 Å². The van der Waals surface area contributed by atoms with E-state index in [-0.39, 0.29) is 11.6 Å². The number of nitrogens with zero attached hydrogens (tertiary/aromatic N) is 2. The number of H-pyrrole nitrogens is 1. The number of aromatic amines is 1. The normalized spacial score (nSPS) is 11.1. The molecule has 0 spiro atoms. The maximum absolute atomic E-state index is 10.9. The molecule has 0 fully saturated rings. The molecule has 0 radical (unpaired) electrons. The Labute approximate surface area is 95.0 Å². The van der Waals surface area contributed by atoms with Crippen molar-refractivity contribution >= 4 is 28.4 Å². The highest BCUT2D eigenvalue weighted by Gasteiger charge is 2.11. The number of aromatic nitrogens is 1. The molecule has 2 amide bonds. The second-order valence-corrected chi connectivity index (χ2v) is 3.24. The topological polar surface area (TPSA) is 121 Å². The van der Waals surface area contributed by atoms with E-state index in [1.807, 2.05) is 0 Å². The first-order valence-corrected chi connectivity index (χ1v) is 4.65. The maximum Gasteiger partial charge on any atom is 0.353 e. The average molecular weight is 232 g/mol. The Morgan fingerprint density at radius 2 is 2.00 bits per heavy atom. The molecule has 4 N–H and O–H groups in total. The second kappa shape index (κ2) is 4.05. The summed E-state index contributed by atoms with van der Waals surface area (Å²) in [5, 5.41) is 16.8. The molecular formula is C10H8N4O3. The fourth-order valence-corrected chi connectivity index (χ4v) is 1.36. The molecule has 2 rings (SSSR count). The van der Waals surface area contributed by atoms with Gasteiger partial charge in [-0.3, -0.25) is 9.59 Å². The second-order valence-electron chi connectivity index (χ2n) is 3.24. The first-order chi connectivity index (χ1) is 8.09. The number of rotatable bonds is 1. The number of benzene rings is 1. The van der Waals surface area contributed by atoms with Crippen LogP contribution in [-0.4, -0.2) is 21.9 Å². The van der Waals surface area contributed by atoms with Crippen molar-refractivity contribution < 1.29 is 14.7 Å². The molecule has 0 saturated carbocycles. The molecule has 1 aromatic heterocycles. The summed E-state index contributed by atoms with van der Waals surface area (Å²) in [5.74, 6) is -2.60. The van der Waals surface area contributed by atoms with Crippen molar-refractivity contribution in [2.75, 3.05) is 0 Å². The van der Waals surface area contributed by atoms with E-state index in [0.717, 1.165) is 0 Å². The van der Waals surface area contributed by atoms with Crippen LogP contribution >= 0.6 is 0 Å². The van der Waals surface area contributed by atoms with Crippen LogP contribution in [0.3, 0.4) is 0 Å². The van der Waals surface area contributed by atoms with Crippen LogP contribution in [-0.2, 0) is 9.59 Å². The van der Waals surface area contributed by atoms with Gasteiger partial charge in [-0.1, -0.05) is 18.2 Å². The van der Waals surface area contributed by atoms with Gasteiger partial charge in [-0.25, -0.2) is 0 Å². The first-order valence-electron chi connectivity index (χ1n) is 4.65. The zero-order chi connectivity index (χ0) is 12.4. The van der Waals surface area contributed by atoms with Crippen LogP contribution < -0.4 is 5.73 Å². The highest BCUT2D eigenvalue weighted by atomic mass is 16.3. The molecule has 1 heterocycles. The van der Waals surface area contributed by atoms with Gasteiger partial charge in [-0.2, -0.15) is 0 Å². The predicted molar refractivity (Wildman–Crippen MR) is 58.7 cm³/mol. The van der Waals surface area contributed by atoms with E-state index in [9.17, 15) is 14.7 Å². The summed E-state index contributed by atoms with van der Waals surface area (Å²) in [5.41, 5.74) is 5.45. The Morgan fingerprint density at radius 3 is 2.71 bits per heavy atom. The Bertz CT molecular complexity index is 630. The summed E-state index contributed by atoms with van der Waals surface area (Å²) in [6.45, 7) is 0. The van der Waals surface area contributed by atoms with E-state index >= 15 is 0 Å². The van der Waals surface area contributed by atoms with Crippen molar-refractivity contribution in [1.29, 1.82) is 0 Å². The number of nitrogens with two attached hydrogens (primary N) is 1. The van der Waals surface area contributed by atoms with E-state index < -0.39 is 11.8 Å². The summed E-state index contributed by atoms with van der Waals surface area (Å²) in [7, 11) is 0. The summed E-state index contributed by atoms with van der Waals surface area (Å²) in [4.78, 5) is 24.0. The molecular weight excluding hydrogens is 224 g/mol. The number of primary amides is 1. The van der Waals surface area contributed by atoms with Crippen molar-refractivity contribution in [2.24, 2.45) is 16.0 Å². The summed E-state index contributed by atoms with van der Waals surface area (Å²) in [6.07, 6.45) is 0. The van der Waals surface area contributed by atoms with Crippen molar-refractivity contribution in [3.05, 3.63) is 24.3 Å². The van der Waals surface area contributed by atoms with E-state index in [2.05, 4.69) is 15.2 Å². The lowest BCUT2D eigenvalue weighted by molar-refractivity contribution is -0.135. The standard InChI is InChI=1S/C10H8N4O3/c11-8(15)10(17)14-13-7-5-3-1-2-4-6(5)12-9(7)16/h1-4,12,16H,(H2,11,15). The van der Waals surface area contributed by atoms with Crippen molar-refractivity contribution in [3.8, 4) is 5.88 Å². The molecule has 0 aliphatic heterocycles. The summed E-state index contributed by atoms with van der Waals surface area (Å²) >= 11 is 0. The van der Waals surface area contributed by atoms with Gasteiger partial charge >= 0.3 is 11.8 Å². The Balaban J connectivity index is 2.45. The van der Waals surface area contributed by atoms with Gasteiger partial charge in [0.15, 0.2) is 5.69 Å². The quantitative estimate of drug-likeness (QED) is 0.501. The first kappa shape index (κ1) is 10.8. The lowest BCUT2D eigenvalue weighted by Gasteiger charge is -1.89. The molecule has 7 nitrogen and oxygen atoms in total.